The highest BCUT2D eigenvalue weighted by molar-refractivity contribution is 14.0. The maximum absolute atomic E-state index is 4.34. The Morgan fingerprint density at radius 3 is 2.61 bits per heavy atom. The number of guanidine groups is 1. The standard InChI is InChI=1S/C21H27N5S.HI/c1-16(15-20-10-5-17(2)27-20)25-21(22-3)23-13-11-18-6-8-19(9-7-18)26-14-4-12-24-26;/h4-10,12,14,16H,11,13,15H2,1-3H3,(H2,22,23,25);1H. The van der Waals surface area contributed by atoms with Crippen LogP contribution < -0.4 is 10.6 Å². The largest absolute Gasteiger partial charge is 0.356 e. The van der Waals surface area contributed by atoms with Crippen molar-refractivity contribution in [1.29, 1.82) is 0 Å². The van der Waals surface area contributed by atoms with E-state index in [1.54, 1.807) is 6.20 Å². The molecule has 0 radical (unpaired) electrons. The molecule has 2 aromatic heterocycles. The summed E-state index contributed by atoms with van der Waals surface area (Å²) in [6.07, 6.45) is 5.69. The predicted octanol–water partition coefficient (Wildman–Crippen LogP) is 4.20. The molecule has 0 fully saturated rings. The van der Waals surface area contributed by atoms with E-state index in [4.69, 9.17) is 0 Å². The molecular formula is C21H28IN5S. The summed E-state index contributed by atoms with van der Waals surface area (Å²) < 4.78 is 1.87. The first-order valence-electron chi connectivity index (χ1n) is 9.25. The average Bonchev–Trinajstić information content (AvgIpc) is 3.33. The number of thiophene rings is 1. The molecule has 0 aliphatic rings. The van der Waals surface area contributed by atoms with Crippen LogP contribution >= 0.6 is 35.3 Å². The molecule has 5 nitrogen and oxygen atoms in total. The van der Waals surface area contributed by atoms with Gasteiger partial charge in [-0.25, -0.2) is 4.68 Å². The van der Waals surface area contributed by atoms with Gasteiger partial charge in [-0.1, -0.05) is 12.1 Å². The second kappa shape index (κ2) is 11.2. The molecule has 3 aromatic rings. The third-order valence-corrected chi connectivity index (χ3v) is 5.34. The van der Waals surface area contributed by atoms with Gasteiger partial charge in [0.2, 0.25) is 0 Å². The molecule has 150 valence electrons. The van der Waals surface area contributed by atoms with Crippen LogP contribution in [0.5, 0.6) is 0 Å². The maximum atomic E-state index is 4.34. The van der Waals surface area contributed by atoms with E-state index in [-0.39, 0.29) is 24.0 Å². The molecule has 1 atom stereocenters. The van der Waals surface area contributed by atoms with Gasteiger partial charge in [-0.05, 0) is 56.2 Å². The lowest BCUT2D eigenvalue weighted by atomic mass is 10.1. The van der Waals surface area contributed by atoms with Crippen LogP contribution in [0.25, 0.3) is 5.69 Å². The van der Waals surface area contributed by atoms with Gasteiger partial charge in [0.25, 0.3) is 0 Å². The van der Waals surface area contributed by atoms with Gasteiger partial charge >= 0.3 is 0 Å². The van der Waals surface area contributed by atoms with E-state index in [2.05, 4.69) is 71.0 Å². The van der Waals surface area contributed by atoms with Crippen LogP contribution in [0.4, 0.5) is 0 Å². The van der Waals surface area contributed by atoms with Gasteiger partial charge in [0.15, 0.2) is 5.96 Å². The Hall–Kier alpha value is -1.87. The van der Waals surface area contributed by atoms with Gasteiger partial charge < -0.3 is 10.6 Å². The van der Waals surface area contributed by atoms with Gasteiger partial charge in [-0.15, -0.1) is 35.3 Å². The zero-order valence-electron chi connectivity index (χ0n) is 16.6. The smallest absolute Gasteiger partial charge is 0.191 e. The third kappa shape index (κ3) is 6.63. The van der Waals surface area contributed by atoms with Gasteiger partial charge in [-0.2, -0.15) is 5.10 Å². The second-order valence-electron chi connectivity index (χ2n) is 6.63. The number of halogens is 1. The third-order valence-electron chi connectivity index (χ3n) is 4.32. The number of nitrogens with one attached hydrogen (secondary N) is 2. The minimum Gasteiger partial charge on any atom is -0.356 e. The van der Waals surface area contributed by atoms with Crippen molar-refractivity contribution in [1.82, 2.24) is 20.4 Å². The quantitative estimate of drug-likeness (QED) is 0.285. The van der Waals surface area contributed by atoms with Gasteiger partial charge in [0.1, 0.15) is 0 Å². The molecule has 1 aromatic carbocycles. The molecule has 0 aliphatic carbocycles. The van der Waals surface area contributed by atoms with Gasteiger partial charge in [-0.3, -0.25) is 4.99 Å². The zero-order chi connectivity index (χ0) is 19.1. The molecule has 7 heteroatoms. The number of hydrogen-bond donors (Lipinski definition) is 2. The summed E-state index contributed by atoms with van der Waals surface area (Å²) in [4.78, 5) is 7.10. The van der Waals surface area contributed by atoms with Crippen molar-refractivity contribution in [2.75, 3.05) is 13.6 Å². The summed E-state index contributed by atoms with van der Waals surface area (Å²) in [5.41, 5.74) is 2.36. The summed E-state index contributed by atoms with van der Waals surface area (Å²) in [7, 11) is 1.82. The Morgan fingerprint density at radius 2 is 2.00 bits per heavy atom. The second-order valence-corrected chi connectivity index (χ2v) is 8.00. The predicted molar refractivity (Wildman–Crippen MR) is 129 cm³/mol. The summed E-state index contributed by atoms with van der Waals surface area (Å²) in [6, 6.07) is 15.1. The van der Waals surface area contributed by atoms with Crippen molar-refractivity contribution in [2.45, 2.75) is 32.7 Å². The zero-order valence-corrected chi connectivity index (χ0v) is 19.7. The average molecular weight is 509 g/mol. The summed E-state index contributed by atoms with van der Waals surface area (Å²) in [6.45, 7) is 5.18. The molecule has 0 aliphatic heterocycles. The molecule has 2 N–H and O–H groups in total. The minimum atomic E-state index is 0. The molecule has 0 bridgehead atoms. The Morgan fingerprint density at radius 1 is 1.21 bits per heavy atom. The fraction of sp³-hybridized carbons (Fsp3) is 0.333. The summed E-state index contributed by atoms with van der Waals surface area (Å²) in [5.74, 6) is 0.851. The van der Waals surface area contributed by atoms with Crippen molar-refractivity contribution in [3.8, 4) is 5.69 Å². The van der Waals surface area contributed by atoms with Crippen LogP contribution in [0.1, 0.15) is 22.2 Å². The van der Waals surface area contributed by atoms with E-state index in [9.17, 15) is 0 Å². The number of rotatable bonds is 7. The number of hydrogen-bond acceptors (Lipinski definition) is 3. The number of nitrogens with zero attached hydrogens (tertiary/aromatic N) is 3. The Balaban J connectivity index is 0.00000280. The molecule has 1 unspecified atom stereocenters. The first-order chi connectivity index (χ1) is 13.1. The van der Waals surface area contributed by atoms with Crippen molar-refractivity contribution in [2.24, 2.45) is 4.99 Å². The lowest BCUT2D eigenvalue weighted by Crippen LogP contribution is -2.43. The van der Waals surface area contributed by atoms with Crippen molar-refractivity contribution >= 4 is 41.3 Å². The number of aromatic nitrogens is 2. The molecule has 28 heavy (non-hydrogen) atoms. The molecule has 2 heterocycles. The van der Waals surface area contributed by atoms with Crippen LogP contribution in [0.2, 0.25) is 0 Å². The summed E-state index contributed by atoms with van der Waals surface area (Å²) in [5, 5.41) is 11.1. The van der Waals surface area contributed by atoms with E-state index >= 15 is 0 Å². The van der Waals surface area contributed by atoms with Crippen LogP contribution in [-0.4, -0.2) is 35.4 Å². The Labute approximate surface area is 188 Å². The van der Waals surface area contributed by atoms with E-state index in [0.29, 0.717) is 6.04 Å². The SMILES string of the molecule is CN=C(NCCc1ccc(-n2cccn2)cc1)NC(C)Cc1ccc(C)s1.I. The molecule has 0 spiro atoms. The monoisotopic (exact) mass is 509 g/mol. The number of aryl methyl sites for hydroxylation is 1. The first kappa shape index (κ1) is 22.4. The molecule has 3 rings (SSSR count). The van der Waals surface area contributed by atoms with E-state index < -0.39 is 0 Å². The highest BCUT2D eigenvalue weighted by Gasteiger charge is 2.07. The lowest BCUT2D eigenvalue weighted by Gasteiger charge is -2.17. The highest BCUT2D eigenvalue weighted by Crippen LogP contribution is 2.16. The topological polar surface area (TPSA) is 54.2 Å². The van der Waals surface area contributed by atoms with E-state index in [0.717, 1.165) is 31.0 Å². The lowest BCUT2D eigenvalue weighted by molar-refractivity contribution is 0.644. The van der Waals surface area contributed by atoms with Crippen LogP contribution in [0.15, 0.2) is 59.9 Å². The Kier molecular flexibility index (Phi) is 8.98. The van der Waals surface area contributed by atoms with Crippen molar-refractivity contribution in [3.05, 3.63) is 70.2 Å². The van der Waals surface area contributed by atoms with Gasteiger partial charge in [0, 0.05) is 48.2 Å². The normalized spacial score (nSPS) is 12.3. The van der Waals surface area contributed by atoms with E-state index in [1.165, 1.54) is 15.3 Å². The fourth-order valence-electron chi connectivity index (χ4n) is 2.94. The Bertz CT molecular complexity index is 855. The van der Waals surface area contributed by atoms with Gasteiger partial charge in [0.05, 0.1) is 5.69 Å². The number of benzene rings is 1. The van der Waals surface area contributed by atoms with Crippen LogP contribution in [0.3, 0.4) is 0 Å². The molecular weight excluding hydrogens is 481 g/mol. The molecule has 0 saturated carbocycles. The van der Waals surface area contributed by atoms with Crippen LogP contribution in [0, 0.1) is 6.92 Å². The first-order valence-corrected chi connectivity index (χ1v) is 10.1. The molecule has 0 amide bonds. The van der Waals surface area contributed by atoms with Crippen LogP contribution in [-0.2, 0) is 12.8 Å². The highest BCUT2D eigenvalue weighted by atomic mass is 127. The van der Waals surface area contributed by atoms with E-state index in [1.807, 2.05) is 35.3 Å². The molecule has 0 saturated heterocycles. The number of aliphatic imine (C=N–C) groups is 1. The van der Waals surface area contributed by atoms with Crippen molar-refractivity contribution in [3.63, 3.8) is 0 Å². The summed E-state index contributed by atoms with van der Waals surface area (Å²) >= 11 is 1.86. The van der Waals surface area contributed by atoms with Crippen molar-refractivity contribution < 1.29 is 0 Å². The minimum absolute atomic E-state index is 0. The maximum Gasteiger partial charge on any atom is 0.191 e. The fourth-order valence-corrected chi connectivity index (χ4v) is 3.96.